The van der Waals surface area contributed by atoms with E-state index < -0.39 is 5.63 Å². The number of nitrogens with one attached hydrogen (secondary N) is 2. The molecule has 0 radical (unpaired) electrons. The van der Waals surface area contributed by atoms with Crippen molar-refractivity contribution in [2.75, 3.05) is 16.8 Å². The van der Waals surface area contributed by atoms with Crippen LogP contribution in [0.2, 0.25) is 0 Å². The summed E-state index contributed by atoms with van der Waals surface area (Å²) in [7, 11) is 1.48. The lowest BCUT2D eigenvalue weighted by Crippen LogP contribution is -2.34. The summed E-state index contributed by atoms with van der Waals surface area (Å²) in [6, 6.07) is 10.9. The summed E-state index contributed by atoms with van der Waals surface area (Å²) in [4.78, 5) is 28.6. The summed E-state index contributed by atoms with van der Waals surface area (Å²) in [5.74, 6) is -0.587. The van der Waals surface area contributed by atoms with Crippen molar-refractivity contribution in [3.63, 3.8) is 0 Å². The Labute approximate surface area is 182 Å². The maximum absolute atomic E-state index is 12.3. The first kappa shape index (κ1) is 21.1. The molecule has 0 saturated heterocycles. The zero-order chi connectivity index (χ0) is 21.8. The number of nitrogen functional groups attached to an aromatic ring is 1. The number of carbonyl (C=O) groups is 1. The second kappa shape index (κ2) is 8.82. The number of thioether (sulfide) groups is 1. The fraction of sp³-hybridized carbons (Fsp3) is 0.111. The summed E-state index contributed by atoms with van der Waals surface area (Å²) in [5.41, 5.74) is 5.47. The van der Waals surface area contributed by atoms with Gasteiger partial charge in [0, 0.05) is 4.47 Å². The summed E-state index contributed by atoms with van der Waals surface area (Å²) < 4.78 is 6.68. The lowest BCUT2D eigenvalue weighted by Gasteiger charge is -2.10. The van der Waals surface area contributed by atoms with Crippen LogP contribution in [0.1, 0.15) is 11.1 Å². The Bertz CT molecular complexity index is 1290. The first-order chi connectivity index (χ1) is 14.4. The van der Waals surface area contributed by atoms with E-state index in [0.717, 1.165) is 16.2 Å². The van der Waals surface area contributed by atoms with E-state index >= 15 is 0 Å². The molecule has 2 aromatic heterocycles. The van der Waals surface area contributed by atoms with Gasteiger partial charge in [-0.2, -0.15) is 10.5 Å². The van der Waals surface area contributed by atoms with E-state index in [1.54, 1.807) is 18.2 Å². The predicted octanol–water partition coefficient (Wildman–Crippen LogP) is 1.67. The van der Waals surface area contributed by atoms with Crippen LogP contribution >= 0.6 is 27.7 Å². The molecule has 0 saturated carbocycles. The Morgan fingerprint density at radius 3 is 2.67 bits per heavy atom. The van der Waals surface area contributed by atoms with Crippen LogP contribution in [-0.4, -0.2) is 21.9 Å². The predicted molar refractivity (Wildman–Crippen MR) is 111 cm³/mol. The highest BCUT2D eigenvalue weighted by Crippen LogP contribution is 2.33. The van der Waals surface area contributed by atoms with E-state index in [1.807, 2.05) is 18.2 Å². The van der Waals surface area contributed by atoms with Gasteiger partial charge in [0.15, 0.2) is 7.05 Å². The van der Waals surface area contributed by atoms with E-state index in [1.165, 1.54) is 11.7 Å². The maximum atomic E-state index is 12.3. The minimum Gasteiger partial charge on any atom is -0.383 e. The number of nitrogens with two attached hydrogens (primary N) is 1. The van der Waals surface area contributed by atoms with E-state index in [4.69, 9.17) is 10.3 Å². The molecule has 0 aliphatic rings. The third kappa shape index (κ3) is 4.05. The molecule has 150 valence electrons. The monoisotopic (exact) mass is 486 g/mol. The lowest BCUT2D eigenvalue weighted by atomic mass is 10.0. The number of rotatable bonds is 5. The standard InChI is InChI=1S/C18H12BrN7O3S/c1-26-15(18(28)29-25-26)14-9(6-20)16(22)24-17(10(14)7-21)30-8-13(27)23-12-5-3-2-4-11(12)19/h2-5H,8H2,1H3,(H3-,22,23,24,25,27,28)/p+1. The normalized spacial score (nSPS) is 10.3. The molecular weight excluding hydrogens is 474 g/mol. The van der Waals surface area contributed by atoms with Gasteiger partial charge in [-0.25, -0.2) is 9.78 Å². The van der Waals surface area contributed by atoms with Gasteiger partial charge >= 0.3 is 11.3 Å². The van der Waals surface area contributed by atoms with Crippen molar-refractivity contribution >= 4 is 45.1 Å². The number of para-hydroxylation sites is 1. The molecule has 0 spiro atoms. The SMILES string of the molecule is C[n+]1[nH]oc(=O)c1-c1c(C#N)c(N)nc(SCC(=O)Nc2ccccc2Br)c1C#N. The molecule has 1 amide bonds. The van der Waals surface area contributed by atoms with Gasteiger partial charge in [-0.3, -0.25) is 9.32 Å². The molecule has 0 fully saturated rings. The Hall–Kier alpha value is -3.61. The Kier molecular flexibility index (Phi) is 6.20. The molecule has 30 heavy (non-hydrogen) atoms. The zero-order valence-corrected chi connectivity index (χ0v) is 17.8. The van der Waals surface area contributed by atoms with Crippen molar-refractivity contribution in [2.24, 2.45) is 7.05 Å². The van der Waals surface area contributed by atoms with Crippen LogP contribution in [0.5, 0.6) is 0 Å². The number of anilines is 2. The number of H-pyrrole nitrogens is 1. The average Bonchev–Trinajstić information content (AvgIpc) is 3.05. The van der Waals surface area contributed by atoms with Gasteiger partial charge in [0.25, 0.3) is 0 Å². The lowest BCUT2D eigenvalue weighted by molar-refractivity contribution is -0.730. The Morgan fingerprint density at radius 2 is 2.07 bits per heavy atom. The van der Waals surface area contributed by atoms with Gasteiger partial charge < -0.3 is 11.1 Å². The number of halogens is 1. The minimum atomic E-state index is -0.779. The molecule has 0 unspecified atom stereocenters. The summed E-state index contributed by atoms with van der Waals surface area (Å²) in [5, 5.41) is 24.4. The van der Waals surface area contributed by atoms with E-state index in [0.29, 0.717) is 5.69 Å². The number of nitrogens with zero attached hydrogens (tertiary/aromatic N) is 4. The number of aromatic nitrogens is 3. The fourth-order valence-electron chi connectivity index (χ4n) is 2.63. The third-order valence-electron chi connectivity index (χ3n) is 3.94. The smallest absolute Gasteiger partial charge is 0.383 e. The summed E-state index contributed by atoms with van der Waals surface area (Å²) in [6.07, 6.45) is 0. The molecule has 12 heteroatoms. The Balaban J connectivity index is 1.98. The number of amides is 1. The molecule has 3 aromatic rings. The molecule has 1 aromatic carbocycles. The van der Waals surface area contributed by atoms with Crippen molar-refractivity contribution in [1.29, 1.82) is 10.5 Å². The first-order valence-electron chi connectivity index (χ1n) is 8.26. The highest BCUT2D eigenvalue weighted by molar-refractivity contribution is 9.10. The van der Waals surface area contributed by atoms with Gasteiger partial charge in [-0.15, -0.1) is 0 Å². The number of benzene rings is 1. The number of nitriles is 2. The second-order valence-corrected chi connectivity index (χ2v) is 7.67. The molecule has 0 atom stereocenters. The zero-order valence-electron chi connectivity index (χ0n) is 15.4. The number of aryl methyl sites for hydroxylation is 1. The van der Waals surface area contributed by atoms with Crippen LogP contribution < -0.4 is 21.4 Å². The number of hydrogen-bond acceptors (Lipinski definition) is 8. The highest BCUT2D eigenvalue weighted by atomic mass is 79.9. The van der Waals surface area contributed by atoms with E-state index in [2.05, 4.69) is 31.5 Å². The van der Waals surface area contributed by atoms with Crippen LogP contribution in [0.4, 0.5) is 11.5 Å². The van der Waals surface area contributed by atoms with Crippen molar-refractivity contribution in [3.05, 3.63) is 50.3 Å². The van der Waals surface area contributed by atoms with Gasteiger partial charge in [-0.05, 0) is 33.3 Å². The van der Waals surface area contributed by atoms with Crippen LogP contribution in [-0.2, 0) is 11.8 Å². The quantitative estimate of drug-likeness (QED) is 0.361. The van der Waals surface area contributed by atoms with Gasteiger partial charge in [0.2, 0.25) is 5.91 Å². The maximum Gasteiger partial charge on any atom is 0.435 e. The first-order valence-corrected chi connectivity index (χ1v) is 10.0. The van der Waals surface area contributed by atoms with Gasteiger partial charge in [0.1, 0.15) is 34.1 Å². The van der Waals surface area contributed by atoms with Crippen molar-refractivity contribution in [3.8, 4) is 23.4 Å². The Morgan fingerprint density at radius 1 is 1.37 bits per heavy atom. The fourth-order valence-corrected chi connectivity index (χ4v) is 3.81. The number of pyridine rings is 1. The highest BCUT2D eigenvalue weighted by Gasteiger charge is 2.31. The van der Waals surface area contributed by atoms with Crippen molar-refractivity contribution < 1.29 is 14.0 Å². The summed E-state index contributed by atoms with van der Waals surface area (Å²) in [6.45, 7) is 0. The largest absolute Gasteiger partial charge is 0.435 e. The number of carbonyl (C=O) groups excluding carboxylic acids is 1. The molecule has 3 rings (SSSR count). The topological polar surface area (TPSA) is 165 Å². The molecule has 0 aliphatic carbocycles. The van der Waals surface area contributed by atoms with Crippen molar-refractivity contribution in [2.45, 2.75) is 5.03 Å². The molecule has 4 N–H and O–H groups in total. The summed E-state index contributed by atoms with van der Waals surface area (Å²) >= 11 is 4.31. The molecule has 0 bridgehead atoms. The van der Waals surface area contributed by atoms with Crippen LogP contribution in [0, 0.1) is 22.7 Å². The average molecular weight is 487 g/mol. The van der Waals surface area contributed by atoms with Gasteiger partial charge in [0.05, 0.1) is 17.0 Å². The number of hydrogen-bond donors (Lipinski definition) is 3. The minimum absolute atomic E-state index is 0.00119. The van der Waals surface area contributed by atoms with E-state index in [-0.39, 0.29) is 44.9 Å². The van der Waals surface area contributed by atoms with Crippen LogP contribution in [0.15, 0.2) is 43.1 Å². The van der Waals surface area contributed by atoms with Gasteiger partial charge in [-0.1, -0.05) is 28.6 Å². The van der Waals surface area contributed by atoms with Crippen LogP contribution in [0.3, 0.4) is 0 Å². The van der Waals surface area contributed by atoms with Crippen molar-refractivity contribution in [1.82, 2.24) is 10.3 Å². The number of aromatic amines is 1. The molecule has 2 heterocycles. The van der Waals surface area contributed by atoms with Crippen LogP contribution in [0.25, 0.3) is 11.3 Å². The van der Waals surface area contributed by atoms with E-state index in [9.17, 15) is 20.1 Å². The third-order valence-corrected chi connectivity index (χ3v) is 5.61. The second-order valence-electron chi connectivity index (χ2n) is 5.86. The molecule has 10 nitrogen and oxygen atoms in total. The molecule has 0 aliphatic heterocycles. The molecular formula is C18H13BrN7O3S+.